The van der Waals surface area contributed by atoms with Crippen molar-refractivity contribution in [3.63, 3.8) is 0 Å². The summed E-state index contributed by atoms with van der Waals surface area (Å²) in [7, 11) is 0. The third kappa shape index (κ3) is 5.10. The number of aliphatic imine (C=N–C) groups is 1. The molecule has 1 amide bonds. The number of aromatic nitrogens is 1. The van der Waals surface area contributed by atoms with Crippen LogP contribution in [0.4, 0.5) is 8.78 Å². The van der Waals surface area contributed by atoms with Gasteiger partial charge in [-0.2, -0.15) is 0 Å². The highest BCUT2D eigenvalue weighted by molar-refractivity contribution is 6.19. The molecular weight excluding hydrogens is 436 g/mol. The Bertz CT molecular complexity index is 1220. The van der Waals surface area contributed by atoms with Crippen molar-refractivity contribution in [3.05, 3.63) is 107 Å². The fourth-order valence-electron chi connectivity index (χ4n) is 4.07. The van der Waals surface area contributed by atoms with Crippen LogP contribution in [-0.2, 0) is 0 Å². The molecule has 2 heterocycles. The average Bonchev–Trinajstić information content (AvgIpc) is 3.34. The Labute approximate surface area is 196 Å². The van der Waals surface area contributed by atoms with E-state index in [-0.39, 0.29) is 29.5 Å². The number of hydrogen-bond donors (Lipinski definition) is 2. The van der Waals surface area contributed by atoms with E-state index in [2.05, 4.69) is 15.3 Å². The van der Waals surface area contributed by atoms with Gasteiger partial charge in [-0.1, -0.05) is 31.2 Å². The van der Waals surface area contributed by atoms with E-state index in [0.29, 0.717) is 18.7 Å². The van der Waals surface area contributed by atoms with Crippen LogP contribution in [-0.4, -0.2) is 40.9 Å². The maximum absolute atomic E-state index is 15.0. The molecular formula is C27H25F2N3O2. The van der Waals surface area contributed by atoms with Crippen molar-refractivity contribution >= 4 is 17.2 Å². The molecule has 0 bridgehead atoms. The second kappa shape index (κ2) is 10.5. The van der Waals surface area contributed by atoms with Crippen LogP contribution < -0.4 is 5.32 Å². The number of pyridine rings is 1. The van der Waals surface area contributed by atoms with Crippen molar-refractivity contribution < 1.29 is 18.7 Å². The molecule has 0 saturated carbocycles. The molecule has 0 aliphatic carbocycles. The highest BCUT2D eigenvalue weighted by atomic mass is 19.1. The van der Waals surface area contributed by atoms with Crippen molar-refractivity contribution in [2.75, 3.05) is 13.2 Å². The molecule has 5 nitrogen and oxygen atoms in total. The van der Waals surface area contributed by atoms with Crippen LogP contribution in [0.2, 0.25) is 0 Å². The molecule has 3 aromatic rings. The van der Waals surface area contributed by atoms with Crippen molar-refractivity contribution in [1.29, 1.82) is 0 Å². The lowest BCUT2D eigenvalue weighted by Gasteiger charge is -2.25. The highest BCUT2D eigenvalue weighted by Crippen LogP contribution is 2.26. The molecule has 4 rings (SSSR count). The van der Waals surface area contributed by atoms with Gasteiger partial charge < -0.3 is 10.4 Å². The SMILES string of the molecule is CC(c1ccccn1)[C@H](CCO)NC(=O)c1cccc(F)c1C1=NCC(c2ccc(F)cc2)=C1. The molecule has 0 spiro atoms. The van der Waals surface area contributed by atoms with Gasteiger partial charge in [0.25, 0.3) is 5.91 Å². The van der Waals surface area contributed by atoms with Crippen LogP contribution in [0.25, 0.3) is 5.57 Å². The Morgan fingerprint density at radius 1 is 1.09 bits per heavy atom. The maximum atomic E-state index is 15.0. The van der Waals surface area contributed by atoms with E-state index in [4.69, 9.17) is 0 Å². The first-order chi connectivity index (χ1) is 16.5. The minimum Gasteiger partial charge on any atom is -0.396 e. The summed E-state index contributed by atoms with van der Waals surface area (Å²) in [6.07, 6.45) is 3.73. The number of nitrogens with zero attached hydrogens (tertiary/aromatic N) is 2. The van der Waals surface area contributed by atoms with E-state index in [1.807, 2.05) is 25.1 Å². The predicted octanol–water partition coefficient (Wildman–Crippen LogP) is 4.53. The van der Waals surface area contributed by atoms with Gasteiger partial charge in [-0.25, -0.2) is 8.78 Å². The number of aliphatic hydroxyl groups excluding tert-OH is 1. The average molecular weight is 462 g/mol. The second-order valence-electron chi connectivity index (χ2n) is 8.18. The number of allylic oxidation sites excluding steroid dienone is 1. The van der Waals surface area contributed by atoms with Gasteiger partial charge in [-0.3, -0.25) is 14.8 Å². The third-order valence-electron chi connectivity index (χ3n) is 5.97. The van der Waals surface area contributed by atoms with Gasteiger partial charge in [0, 0.05) is 36.0 Å². The Kier molecular flexibility index (Phi) is 7.23. The monoisotopic (exact) mass is 461 g/mol. The van der Waals surface area contributed by atoms with Gasteiger partial charge in [0.05, 0.1) is 17.8 Å². The van der Waals surface area contributed by atoms with Gasteiger partial charge in [0.15, 0.2) is 0 Å². The largest absolute Gasteiger partial charge is 0.396 e. The van der Waals surface area contributed by atoms with Crippen molar-refractivity contribution in [3.8, 4) is 0 Å². The van der Waals surface area contributed by atoms with E-state index in [1.165, 1.54) is 24.3 Å². The normalized spacial score (nSPS) is 14.8. The topological polar surface area (TPSA) is 74.6 Å². The zero-order chi connectivity index (χ0) is 24.1. The second-order valence-corrected chi connectivity index (χ2v) is 8.18. The van der Waals surface area contributed by atoms with Crippen LogP contribution in [0.1, 0.15) is 46.4 Å². The zero-order valence-corrected chi connectivity index (χ0v) is 18.7. The number of halogens is 2. The number of rotatable bonds is 8. The van der Waals surface area contributed by atoms with Gasteiger partial charge in [0.1, 0.15) is 11.6 Å². The molecule has 1 aliphatic rings. The number of aliphatic hydroxyl groups is 1. The molecule has 174 valence electrons. The molecule has 1 aliphatic heterocycles. The van der Waals surface area contributed by atoms with Crippen LogP contribution in [0.15, 0.2) is 77.9 Å². The van der Waals surface area contributed by atoms with Crippen molar-refractivity contribution in [2.45, 2.75) is 25.3 Å². The Morgan fingerprint density at radius 2 is 1.88 bits per heavy atom. The Balaban J connectivity index is 1.61. The maximum Gasteiger partial charge on any atom is 0.252 e. The molecule has 7 heteroatoms. The summed E-state index contributed by atoms with van der Waals surface area (Å²) in [5.74, 6) is -1.52. The first kappa shape index (κ1) is 23.4. The summed E-state index contributed by atoms with van der Waals surface area (Å²) in [5.41, 5.74) is 3.02. The molecule has 0 saturated heterocycles. The van der Waals surface area contributed by atoms with Gasteiger partial charge >= 0.3 is 0 Å². The molecule has 2 N–H and O–H groups in total. The number of amides is 1. The Morgan fingerprint density at radius 3 is 2.59 bits per heavy atom. The summed E-state index contributed by atoms with van der Waals surface area (Å²) in [6.45, 7) is 2.11. The molecule has 1 aromatic heterocycles. The fraction of sp³-hybridized carbons (Fsp3) is 0.222. The van der Waals surface area contributed by atoms with Crippen LogP contribution in [0.5, 0.6) is 0 Å². The molecule has 0 fully saturated rings. The molecule has 2 aromatic carbocycles. The van der Waals surface area contributed by atoms with Crippen LogP contribution in [0.3, 0.4) is 0 Å². The van der Waals surface area contributed by atoms with E-state index in [9.17, 15) is 18.7 Å². The van der Waals surface area contributed by atoms with E-state index >= 15 is 0 Å². The quantitative estimate of drug-likeness (QED) is 0.518. The summed E-state index contributed by atoms with van der Waals surface area (Å²) < 4.78 is 28.2. The minimum atomic E-state index is -0.556. The number of nitrogens with one attached hydrogen (secondary N) is 1. The number of carbonyl (C=O) groups is 1. The number of benzene rings is 2. The standard InChI is InChI=1S/C27H25F2N3O2/c1-17(23-7-2-3-13-30-23)24(12-14-33)32-27(34)21-5-4-6-22(29)26(21)25-15-19(16-31-25)18-8-10-20(28)11-9-18/h2-11,13,15,17,24,33H,12,14,16H2,1H3,(H,32,34)/t17?,24-/m0/s1. The molecule has 2 atom stereocenters. The van der Waals surface area contributed by atoms with Crippen molar-refractivity contribution in [2.24, 2.45) is 4.99 Å². The first-order valence-electron chi connectivity index (χ1n) is 11.1. The summed E-state index contributed by atoms with van der Waals surface area (Å²) in [5, 5.41) is 12.5. The number of carbonyl (C=O) groups excluding carboxylic acids is 1. The molecule has 0 radical (unpaired) electrons. The minimum absolute atomic E-state index is 0.116. The van der Waals surface area contributed by atoms with Crippen molar-refractivity contribution in [1.82, 2.24) is 10.3 Å². The zero-order valence-electron chi connectivity index (χ0n) is 18.7. The smallest absolute Gasteiger partial charge is 0.252 e. The van der Waals surface area contributed by atoms with E-state index < -0.39 is 17.8 Å². The molecule has 1 unspecified atom stereocenters. The first-order valence-corrected chi connectivity index (χ1v) is 11.1. The van der Waals surface area contributed by atoms with E-state index in [1.54, 1.807) is 30.5 Å². The van der Waals surface area contributed by atoms with Crippen LogP contribution >= 0.6 is 0 Å². The van der Waals surface area contributed by atoms with Gasteiger partial charge in [0.2, 0.25) is 0 Å². The third-order valence-corrected chi connectivity index (χ3v) is 5.97. The number of hydrogen-bond acceptors (Lipinski definition) is 4. The van der Waals surface area contributed by atoms with Crippen LogP contribution in [0, 0.1) is 11.6 Å². The lowest BCUT2D eigenvalue weighted by atomic mass is 9.94. The predicted molar refractivity (Wildman–Crippen MR) is 128 cm³/mol. The summed E-state index contributed by atoms with van der Waals surface area (Å²) in [6, 6.07) is 15.5. The fourth-order valence-corrected chi connectivity index (χ4v) is 4.07. The van der Waals surface area contributed by atoms with Gasteiger partial charge in [-0.05, 0) is 60.0 Å². The summed E-state index contributed by atoms with van der Waals surface area (Å²) in [4.78, 5) is 22.1. The molecule has 34 heavy (non-hydrogen) atoms. The lowest BCUT2D eigenvalue weighted by molar-refractivity contribution is 0.0923. The Hall–Kier alpha value is -3.71. The lowest BCUT2D eigenvalue weighted by Crippen LogP contribution is -2.40. The van der Waals surface area contributed by atoms with Gasteiger partial charge in [-0.15, -0.1) is 0 Å². The summed E-state index contributed by atoms with van der Waals surface area (Å²) >= 11 is 0. The highest BCUT2D eigenvalue weighted by Gasteiger charge is 2.26. The van der Waals surface area contributed by atoms with E-state index in [0.717, 1.165) is 16.8 Å².